The van der Waals surface area contributed by atoms with Crippen LogP contribution >= 0.6 is 11.8 Å². The molecule has 2 aromatic heterocycles. The summed E-state index contributed by atoms with van der Waals surface area (Å²) in [5.74, 6) is 0.592. The number of nitrogens with zero attached hydrogens (tertiary/aromatic N) is 3. The maximum Gasteiger partial charge on any atom is 0.408 e. The Morgan fingerprint density at radius 2 is 1.93 bits per heavy atom. The van der Waals surface area contributed by atoms with Gasteiger partial charge in [-0.1, -0.05) is 30.3 Å². The van der Waals surface area contributed by atoms with Crippen molar-refractivity contribution in [2.24, 2.45) is 0 Å². The van der Waals surface area contributed by atoms with E-state index in [2.05, 4.69) is 15.5 Å². The first-order valence-corrected chi connectivity index (χ1v) is 10.6. The molecule has 0 unspecified atom stereocenters. The van der Waals surface area contributed by atoms with E-state index >= 15 is 0 Å². The summed E-state index contributed by atoms with van der Waals surface area (Å²) in [6.07, 6.45) is 3.43. The van der Waals surface area contributed by atoms with Crippen LogP contribution in [0.5, 0.6) is 0 Å². The Labute approximate surface area is 174 Å². The number of ether oxygens (including phenoxy) is 2. The summed E-state index contributed by atoms with van der Waals surface area (Å²) in [5.41, 5.74) is 1.16. The lowest BCUT2D eigenvalue weighted by Gasteiger charge is -2.23. The summed E-state index contributed by atoms with van der Waals surface area (Å²) >= 11 is 1.62. The number of amides is 1. The zero-order valence-electron chi connectivity index (χ0n) is 17.1. The highest BCUT2D eigenvalue weighted by atomic mass is 32.2. The van der Waals surface area contributed by atoms with E-state index in [-0.39, 0.29) is 6.61 Å². The topological polar surface area (TPSA) is 77.8 Å². The molecular weight excluding hydrogens is 388 g/mol. The predicted molar refractivity (Wildman–Crippen MR) is 113 cm³/mol. The van der Waals surface area contributed by atoms with Crippen molar-refractivity contribution in [1.82, 2.24) is 19.9 Å². The molecule has 0 aliphatic rings. The molecule has 0 bridgehead atoms. The molecule has 7 nitrogen and oxygen atoms in total. The van der Waals surface area contributed by atoms with Crippen molar-refractivity contribution >= 4 is 23.5 Å². The van der Waals surface area contributed by atoms with Gasteiger partial charge in [0.1, 0.15) is 11.6 Å². The molecule has 3 rings (SSSR count). The Morgan fingerprint density at radius 1 is 1.17 bits per heavy atom. The van der Waals surface area contributed by atoms with Gasteiger partial charge in [-0.05, 0) is 44.7 Å². The average Bonchev–Trinajstić information content (AvgIpc) is 3.09. The minimum atomic E-state index is -0.599. The Morgan fingerprint density at radius 3 is 2.62 bits per heavy atom. The van der Waals surface area contributed by atoms with E-state index in [0.717, 1.165) is 10.5 Å². The third kappa shape index (κ3) is 5.95. The number of aromatic nitrogens is 3. The number of benzene rings is 1. The highest BCUT2D eigenvalue weighted by Gasteiger charge is 2.24. The van der Waals surface area contributed by atoms with E-state index in [1.807, 2.05) is 80.1 Å². The van der Waals surface area contributed by atoms with E-state index in [1.54, 1.807) is 11.8 Å². The van der Waals surface area contributed by atoms with Crippen LogP contribution in [-0.2, 0) is 16.1 Å². The largest absolute Gasteiger partial charge is 0.444 e. The highest BCUT2D eigenvalue weighted by molar-refractivity contribution is 7.98. The maximum atomic E-state index is 12.4. The number of alkyl carbamates (subject to hydrolysis) is 1. The van der Waals surface area contributed by atoms with E-state index < -0.39 is 17.7 Å². The summed E-state index contributed by atoms with van der Waals surface area (Å²) < 4.78 is 13.2. The number of fused-ring (bicyclic) bond motifs is 1. The monoisotopic (exact) mass is 414 g/mol. The van der Waals surface area contributed by atoms with Gasteiger partial charge in [0, 0.05) is 11.1 Å². The smallest absolute Gasteiger partial charge is 0.408 e. The fourth-order valence-corrected chi connectivity index (χ4v) is 3.16. The van der Waals surface area contributed by atoms with Crippen molar-refractivity contribution < 1.29 is 14.3 Å². The Balaban J connectivity index is 1.81. The molecule has 29 heavy (non-hydrogen) atoms. The first kappa shape index (κ1) is 21.1. The number of pyridine rings is 1. The maximum absolute atomic E-state index is 12.4. The van der Waals surface area contributed by atoms with E-state index in [4.69, 9.17) is 9.47 Å². The Bertz CT molecular complexity index is 953. The lowest BCUT2D eigenvalue weighted by Crippen LogP contribution is -2.37. The van der Waals surface area contributed by atoms with Gasteiger partial charge >= 0.3 is 6.09 Å². The van der Waals surface area contributed by atoms with Crippen molar-refractivity contribution in [2.75, 3.05) is 12.9 Å². The standard InChI is InChI=1S/C21H26N4O3S/c1-21(2,3)28-20(26)22-17(14-27-13-15-8-6-5-7-9-15)19-24-23-18-11-10-16(29-4)12-25(18)19/h5-12,17H,13-14H2,1-4H3,(H,22,26)/t17-/m0/s1. The Kier molecular flexibility index (Phi) is 6.76. The second-order valence-corrected chi connectivity index (χ2v) is 8.43. The molecule has 0 saturated heterocycles. The second-order valence-electron chi connectivity index (χ2n) is 7.55. The van der Waals surface area contributed by atoms with Gasteiger partial charge in [-0.15, -0.1) is 22.0 Å². The van der Waals surface area contributed by atoms with Crippen LogP contribution in [0.1, 0.15) is 38.2 Å². The molecular formula is C21H26N4O3S. The van der Waals surface area contributed by atoms with Crippen molar-refractivity contribution in [1.29, 1.82) is 0 Å². The fourth-order valence-electron chi connectivity index (χ4n) is 2.75. The van der Waals surface area contributed by atoms with Crippen molar-refractivity contribution in [3.05, 3.63) is 60.0 Å². The summed E-state index contributed by atoms with van der Waals surface area (Å²) in [7, 11) is 0. The van der Waals surface area contributed by atoms with Gasteiger partial charge in [0.2, 0.25) is 0 Å². The fraction of sp³-hybridized carbons (Fsp3) is 0.381. The van der Waals surface area contributed by atoms with E-state index in [1.165, 1.54) is 0 Å². The zero-order chi connectivity index (χ0) is 20.9. The second kappa shape index (κ2) is 9.28. The molecule has 0 aliphatic heterocycles. The minimum absolute atomic E-state index is 0.235. The van der Waals surface area contributed by atoms with Crippen LogP contribution in [0.2, 0.25) is 0 Å². The molecule has 154 valence electrons. The van der Waals surface area contributed by atoms with Crippen LogP contribution < -0.4 is 5.32 Å². The molecule has 1 aromatic carbocycles. The predicted octanol–water partition coefficient (Wildman–Crippen LogP) is 4.23. The van der Waals surface area contributed by atoms with Crippen LogP contribution in [0, 0.1) is 0 Å². The van der Waals surface area contributed by atoms with Gasteiger partial charge in [0.25, 0.3) is 0 Å². The zero-order valence-corrected chi connectivity index (χ0v) is 17.9. The van der Waals surface area contributed by atoms with Crippen LogP contribution in [0.4, 0.5) is 4.79 Å². The molecule has 0 spiro atoms. The third-order valence-corrected chi connectivity index (χ3v) is 4.75. The number of hydrogen-bond acceptors (Lipinski definition) is 6. The molecule has 0 saturated carbocycles. The quantitative estimate of drug-likeness (QED) is 0.583. The number of hydrogen-bond donors (Lipinski definition) is 1. The molecule has 1 amide bonds. The molecule has 0 fully saturated rings. The molecule has 8 heteroatoms. The first-order valence-electron chi connectivity index (χ1n) is 9.35. The molecule has 0 radical (unpaired) electrons. The van der Waals surface area contributed by atoms with Crippen molar-refractivity contribution in [3.63, 3.8) is 0 Å². The van der Waals surface area contributed by atoms with Gasteiger partial charge in [0.05, 0.1) is 13.2 Å². The number of rotatable bonds is 7. The average molecular weight is 415 g/mol. The van der Waals surface area contributed by atoms with Crippen LogP contribution in [0.3, 0.4) is 0 Å². The summed E-state index contributed by atoms with van der Waals surface area (Å²) in [4.78, 5) is 13.5. The summed E-state index contributed by atoms with van der Waals surface area (Å²) in [6, 6.07) is 13.2. The number of thioether (sulfide) groups is 1. The highest BCUT2D eigenvalue weighted by Crippen LogP contribution is 2.20. The molecule has 1 N–H and O–H groups in total. The lowest BCUT2D eigenvalue weighted by atomic mass is 10.2. The van der Waals surface area contributed by atoms with Gasteiger partial charge in [0.15, 0.2) is 11.5 Å². The van der Waals surface area contributed by atoms with E-state index in [0.29, 0.717) is 18.1 Å². The molecule has 0 aliphatic carbocycles. The first-order chi connectivity index (χ1) is 13.9. The van der Waals surface area contributed by atoms with E-state index in [9.17, 15) is 4.79 Å². The molecule has 3 aromatic rings. The minimum Gasteiger partial charge on any atom is -0.444 e. The van der Waals surface area contributed by atoms with Crippen molar-refractivity contribution in [3.8, 4) is 0 Å². The van der Waals surface area contributed by atoms with Gasteiger partial charge in [-0.3, -0.25) is 4.40 Å². The third-order valence-electron chi connectivity index (χ3n) is 4.04. The van der Waals surface area contributed by atoms with Gasteiger partial charge in [-0.25, -0.2) is 4.79 Å². The normalized spacial score (nSPS) is 12.7. The SMILES string of the molecule is CSc1ccc2nnc([C@H](COCc3ccccc3)NC(=O)OC(C)(C)C)n2c1. The van der Waals surface area contributed by atoms with Crippen LogP contribution in [0.15, 0.2) is 53.6 Å². The number of carbonyl (C=O) groups excluding carboxylic acids is 1. The Hall–Kier alpha value is -2.58. The van der Waals surface area contributed by atoms with Crippen LogP contribution in [0.25, 0.3) is 5.65 Å². The summed E-state index contributed by atoms with van der Waals surface area (Å²) in [6.45, 7) is 6.14. The van der Waals surface area contributed by atoms with Gasteiger partial charge < -0.3 is 14.8 Å². The molecule has 2 heterocycles. The van der Waals surface area contributed by atoms with Gasteiger partial charge in [-0.2, -0.15) is 0 Å². The van der Waals surface area contributed by atoms with Crippen molar-refractivity contribution in [2.45, 2.75) is 43.9 Å². The number of nitrogens with one attached hydrogen (secondary N) is 1. The lowest BCUT2D eigenvalue weighted by molar-refractivity contribution is 0.0420. The van der Waals surface area contributed by atoms with Crippen LogP contribution in [-0.4, -0.2) is 39.2 Å². The number of carbonyl (C=O) groups is 1. The molecule has 1 atom stereocenters. The summed E-state index contributed by atoms with van der Waals surface area (Å²) in [5, 5.41) is 11.4.